The molecule has 0 aliphatic rings. The Morgan fingerprint density at radius 1 is 1.29 bits per heavy atom. The summed E-state index contributed by atoms with van der Waals surface area (Å²) in [6.45, 7) is 0. The molecule has 5 nitrogen and oxygen atoms in total. The fraction of sp³-hybridized carbons (Fsp3) is 0.111. The average Bonchev–Trinajstić information content (AvgIpc) is 3.08. The lowest BCUT2D eigenvalue weighted by molar-refractivity contribution is -0.136. The van der Waals surface area contributed by atoms with E-state index in [9.17, 15) is 9.18 Å². The van der Waals surface area contributed by atoms with Crippen LogP contribution in [0.15, 0.2) is 47.0 Å². The van der Waals surface area contributed by atoms with E-state index in [2.05, 4.69) is 4.98 Å². The second-order valence-corrected chi connectivity index (χ2v) is 5.71. The zero-order valence-electron chi connectivity index (χ0n) is 12.8. The number of rotatable bonds is 3. The first-order valence-corrected chi connectivity index (χ1v) is 7.37. The lowest BCUT2D eigenvalue weighted by atomic mass is 10.1. The van der Waals surface area contributed by atoms with Gasteiger partial charge in [-0.15, -0.1) is 0 Å². The molecule has 2 heterocycles. The Morgan fingerprint density at radius 3 is 2.92 bits per heavy atom. The molecule has 0 aliphatic carbocycles. The van der Waals surface area contributed by atoms with Gasteiger partial charge >= 0.3 is 5.97 Å². The van der Waals surface area contributed by atoms with E-state index in [1.807, 2.05) is 17.8 Å². The molecule has 4 aromatic rings. The number of halogens is 1. The summed E-state index contributed by atoms with van der Waals surface area (Å²) in [6.07, 6.45) is 1.77. The van der Waals surface area contributed by atoms with Crippen LogP contribution in [-0.2, 0) is 18.3 Å². The van der Waals surface area contributed by atoms with Crippen LogP contribution in [0.1, 0.15) is 5.56 Å². The minimum Gasteiger partial charge on any atom is -0.481 e. The van der Waals surface area contributed by atoms with Crippen LogP contribution in [-0.4, -0.2) is 20.6 Å². The zero-order chi connectivity index (χ0) is 16.8. The highest BCUT2D eigenvalue weighted by molar-refractivity contribution is 5.95. The van der Waals surface area contributed by atoms with E-state index in [4.69, 9.17) is 9.52 Å². The minimum absolute atomic E-state index is 0.0699. The van der Waals surface area contributed by atoms with Crippen molar-refractivity contribution in [1.82, 2.24) is 9.55 Å². The summed E-state index contributed by atoms with van der Waals surface area (Å²) < 4.78 is 21.1. The number of aryl methyl sites for hydroxylation is 1. The summed E-state index contributed by atoms with van der Waals surface area (Å²) in [7, 11) is 1.83. The van der Waals surface area contributed by atoms with Gasteiger partial charge in [0.1, 0.15) is 11.3 Å². The predicted octanol–water partition coefficient (Wildman–Crippen LogP) is 3.75. The van der Waals surface area contributed by atoms with E-state index in [0.717, 1.165) is 16.5 Å². The fourth-order valence-electron chi connectivity index (χ4n) is 2.90. The van der Waals surface area contributed by atoms with Crippen molar-refractivity contribution in [3.05, 3.63) is 54.0 Å². The average molecular weight is 324 g/mol. The Morgan fingerprint density at radius 2 is 2.12 bits per heavy atom. The van der Waals surface area contributed by atoms with Crippen molar-refractivity contribution in [1.29, 1.82) is 0 Å². The lowest BCUT2D eigenvalue weighted by Crippen LogP contribution is -1.99. The molecular formula is C18H13FN2O3. The summed E-state index contributed by atoms with van der Waals surface area (Å²) >= 11 is 0. The topological polar surface area (TPSA) is 68.3 Å². The Kier molecular flexibility index (Phi) is 3.13. The maximum atomic E-state index is 13.4. The van der Waals surface area contributed by atoms with E-state index in [1.165, 1.54) is 12.1 Å². The monoisotopic (exact) mass is 324 g/mol. The molecule has 0 radical (unpaired) electrons. The summed E-state index contributed by atoms with van der Waals surface area (Å²) in [6, 6.07) is 9.72. The SMILES string of the molecule is Cn1cc(-c2nc3ccc(CC(=O)O)cc3o2)c2ccc(F)cc21. The number of benzene rings is 2. The van der Waals surface area contributed by atoms with Crippen molar-refractivity contribution >= 4 is 28.0 Å². The van der Waals surface area contributed by atoms with Crippen LogP contribution in [0.3, 0.4) is 0 Å². The van der Waals surface area contributed by atoms with Crippen LogP contribution < -0.4 is 0 Å². The molecule has 4 rings (SSSR count). The lowest BCUT2D eigenvalue weighted by Gasteiger charge is -1.95. The van der Waals surface area contributed by atoms with E-state index < -0.39 is 5.97 Å². The van der Waals surface area contributed by atoms with E-state index in [-0.39, 0.29) is 12.2 Å². The van der Waals surface area contributed by atoms with Crippen LogP contribution in [0, 0.1) is 5.82 Å². The first-order valence-electron chi connectivity index (χ1n) is 7.37. The van der Waals surface area contributed by atoms with Crippen LogP contribution in [0.5, 0.6) is 0 Å². The van der Waals surface area contributed by atoms with E-state index in [1.54, 1.807) is 24.3 Å². The van der Waals surface area contributed by atoms with Crippen LogP contribution in [0.2, 0.25) is 0 Å². The molecule has 0 fully saturated rings. The van der Waals surface area contributed by atoms with Gasteiger partial charge in [0, 0.05) is 18.6 Å². The van der Waals surface area contributed by atoms with E-state index in [0.29, 0.717) is 22.6 Å². The maximum Gasteiger partial charge on any atom is 0.307 e. The third kappa shape index (κ3) is 2.32. The fourth-order valence-corrected chi connectivity index (χ4v) is 2.90. The highest BCUT2D eigenvalue weighted by Crippen LogP contribution is 2.32. The number of carbonyl (C=O) groups is 1. The van der Waals surface area contributed by atoms with Crippen molar-refractivity contribution in [2.75, 3.05) is 0 Å². The number of aliphatic carboxylic acids is 1. The van der Waals surface area contributed by atoms with Gasteiger partial charge in [0.25, 0.3) is 0 Å². The highest BCUT2D eigenvalue weighted by atomic mass is 19.1. The van der Waals surface area contributed by atoms with Crippen LogP contribution >= 0.6 is 0 Å². The normalized spacial score (nSPS) is 11.4. The molecule has 0 spiro atoms. The predicted molar refractivity (Wildman–Crippen MR) is 87.2 cm³/mol. The third-order valence-corrected chi connectivity index (χ3v) is 3.99. The second kappa shape index (κ2) is 5.19. The highest BCUT2D eigenvalue weighted by Gasteiger charge is 2.15. The minimum atomic E-state index is -0.898. The Labute approximate surface area is 136 Å². The smallest absolute Gasteiger partial charge is 0.307 e. The molecule has 24 heavy (non-hydrogen) atoms. The summed E-state index contributed by atoms with van der Waals surface area (Å²) in [4.78, 5) is 15.3. The molecule has 0 saturated carbocycles. The van der Waals surface area contributed by atoms with Crippen molar-refractivity contribution in [3.8, 4) is 11.5 Å². The summed E-state index contributed by atoms with van der Waals surface area (Å²) in [5.74, 6) is -0.772. The van der Waals surface area contributed by atoms with Crippen LogP contribution in [0.4, 0.5) is 4.39 Å². The first kappa shape index (κ1) is 14.4. The van der Waals surface area contributed by atoms with Gasteiger partial charge in [0.05, 0.1) is 17.5 Å². The standard InChI is InChI=1S/C18H13FN2O3/c1-21-9-13(12-4-3-11(19)8-15(12)21)18-20-14-5-2-10(7-17(22)23)6-16(14)24-18/h2-6,8-9H,7H2,1H3,(H,22,23). The molecule has 1 N–H and O–H groups in total. The Bertz CT molecular complexity index is 1090. The third-order valence-electron chi connectivity index (χ3n) is 3.99. The zero-order valence-corrected chi connectivity index (χ0v) is 12.8. The van der Waals surface area contributed by atoms with Crippen LogP contribution in [0.25, 0.3) is 33.5 Å². The molecule has 2 aromatic carbocycles. The van der Waals surface area contributed by atoms with Crippen molar-refractivity contribution in [2.45, 2.75) is 6.42 Å². The van der Waals surface area contributed by atoms with Gasteiger partial charge in [-0.25, -0.2) is 9.37 Å². The van der Waals surface area contributed by atoms with Gasteiger partial charge in [0.15, 0.2) is 5.58 Å². The van der Waals surface area contributed by atoms with E-state index >= 15 is 0 Å². The molecule has 0 bridgehead atoms. The molecular weight excluding hydrogens is 311 g/mol. The molecule has 0 aliphatic heterocycles. The molecule has 2 aromatic heterocycles. The molecule has 0 amide bonds. The number of hydrogen-bond acceptors (Lipinski definition) is 3. The van der Waals surface area contributed by atoms with Crippen molar-refractivity contribution in [2.24, 2.45) is 7.05 Å². The number of nitrogens with zero attached hydrogens (tertiary/aromatic N) is 2. The van der Waals surface area contributed by atoms with Crippen molar-refractivity contribution < 1.29 is 18.7 Å². The van der Waals surface area contributed by atoms with Gasteiger partial charge in [-0.2, -0.15) is 0 Å². The first-order chi connectivity index (χ1) is 11.5. The number of carboxylic acids is 1. The molecule has 0 unspecified atom stereocenters. The number of oxazole rings is 1. The maximum absolute atomic E-state index is 13.4. The quantitative estimate of drug-likeness (QED) is 0.623. The van der Waals surface area contributed by atoms with Gasteiger partial charge in [-0.05, 0) is 35.9 Å². The number of hydrogen-bond donors (Lipinski definition) is 1. The molecule has 120 valence electrons. The molecule has 0 saturated heterocycles. The Balaban J connectivity index is 1.86. The van der Waals surface area contributed by atoms with Gasteiger partial charge in [0.2, 0.25) is 5.89 Å². The number of carboxylic acid groups (broad SMARTS) is 1. The molecule has 6 heteroatoms. The van der Waals surface area contributed by atoms with Gasteiger partial charge < -0.3 is 14.1 Å². The summed E-state index contributed by atoms with van der Waals surface area (Å²) in [5.41, 5.74) is 3.35. The largest absolute Gasteiger partial charge is 0.481 e. The van der Waals surface area contributed by atoms with Gasteiger partial charge in [-0.3, -0.25) is 4.79 Å². The second-order valence-electron chi connectivity index (χ2n) is 5.71. The van der Waals surface area contributed by atoms with Crippen molar-refractivity contribution in [3.63, 3.8) is 0 Å². The van der Waals surface area contributed by atoms with Gasteiger partial charge in [-0.1, -0.05) is 6.07 Å². The Hall–Kier alpha value is -3.15. The summed E-state index contributed by atoms with van der Waals surface area (Å²) in [5, 5.41) is 9.73. The molecule has 0 atom stereocenters. The number of aromatic nitrogens is 2. The number of fused-ring (bicyclic) bond motifs is 2.